The van der Waals surface area contributed by atoms with E-state index < -0.39 is 23.2 Å². The van der Waals surface area contributed by atoms with Crippen LogP contribution in [-0.2, 0) is 14.3 Å². The SMILES string of the molecule is C=CCOCC(NC(=O)C(C)Sc1cc(Cl)ccc1Cl)C(=O)O. The van der Waals surface area contributed by atoms with Crippen molar-refractivity contribution >= 4 is 46.8 Å². The molecule has 0 heterocycles. The van der Waals surface area contributed by atoms with Gasteiger partial charge in [0.05, 0.1) is 23.5 Å². The number of hydrogen-bond acceptors (Lipinski definition) is 4. The number of rotatable bonds is 9. The third kappa shape index (κ3) is 6.83. The number of halogens is 2. The van der Waals surface area contributed by atoms with Crippen LogP contribution in [-0.4, -0.2) is 41.5 Å². The zero-order valence-corrected chi connectivity index (χ0v) is 14.7. The molecule has 0 aliphatic rings. The van der Waals surface area contributed by atoms with Gasteiger partial charge in [0.25, 0.3) is 0 Å². The zero-order valence-electron chi connectivity index (χ0n) is 12.4. The molecule has 0 bridgehead atoms. The normalized spacial score (nSPS) is 13.2. The lowest BCUT2D eigenvalue weighted by Gasteiger charge is -2.18. The van der Waals surface area contributed by atoms with E-state index in [1.54, 1.807) is 25.1 Å². The van der Waals surface area contributed by atoms with Gasteiger partial charge < -0.3 is 15.2 Å². The predicted molar refractivity (Wildman–Crippen MR) is 92.4 cm³/mol. The van der Waals surface area contributed by atoms with Gasteiger partial charge in [-0.15, -0.1) is 18.3 Å². The van der Waals surface area contributed by atoms with E-state index in [1.165, 1.54) is 17.8 Å². The van der Waals surface area contributed by atoms with Crippen LogP contribution in [0.3, 0.4) is 0 Å². The molecule has 2 unspecified atom stereocenters. The molecule has 2 N–H and O–H groups in total. The highest BCUT2D eigenvalue weighted by molar-refractivity contribution is 8.00. The third-order valence-electron chi connectivity index (χ3n) is 2.70. The highest BCUT2D eigenvalue weighted by atomic mass is 35.5. The first-order chi connectivity index (χ1) is 10.8. The van der Waals surface area contributed by atoms with Crippen molar-refractivity contribution < 1.29 is 19.4 Å². The summed E-state index contributed by atoms with van der Waals surface area (Å²) >= 11 is 13.1. The van der Waals surface area contributed by atoms with Gasteiger partial charge in [-0.05, 0) is 25.1 Å². The lowest BCUT2D eigenvalue weighted by Crippen LogP contribution is -2.46. The first-order valence-electron chi connectivity index (χ1n) is 6.68. The summed E-state index contributed by atoms with van der Waals surface area (Å²) in [6.45, 7) is 5.19. The Morgan fingerprint density at radius 1 is 1.48 bits per heavy atom. The van der Waals surface area contributed by atoms with Crippen LogP contribution in [0.15, 0.2) is 35.7 Å². The number of carbonyl (C=O) groups excluding carboxylic acids is 1. The van der Waals surface area contributed by atoms with E-state index in [9.17, 15) is 9.59 Å². The van der Waals surface area contributed by atoms with E-state index in [0.717, 1.165) is 0 Å². The Hall–Kier alpha value is -1.21. The molecule has 126 valence electrons. The average Bonchev–Trinajstić information content (AvgIpc) is 2.49. The number of carboxylic acid groups (broad SMARTS) is 1. The summed E-state index contributed by atoms with van der Waals surface area (Å²) in [5.41, 5.74) is 0. The number of ether oxygens (including phenoxy) is 1. The van der Waals surface area contributed by atoms with E-state index in [-0.39, 0.29) is 13.2 Å². The van der Waals surface area contributed by atoms with Gasteiger partial charge in [-0.25, -0.2) is 4.79 Å². The van der Waals surface area contributed by atoms with E-state index in [1.807, 2.05) is 0 Å². The second-order valence-corrected chi connectivity index (χ2v) is 6.79. The number of carboxylic acids is 1. The minimum atomic E-state index is -1.17. The van der Waals surface area contributed by atoms with Gasteiger partial charge in [0.1, 0.15) is 0 Å². The van der Waals surface area contributed by atoms with Crippen LogP contribution < -0.4 is 5.32 Å². The molecule has 1 aromatic carbocycles. The predicted octanol–water partition coefficient (Wildman–Crippen LogP) is 3.25. The Labute approximate surface area is 149 Å². The maximum atomic E-state index is 12.1. The van der Waals surface area contributed by atoms with Crippen molar-refractivity contribution in [1.29, 1.82) is 0 Å². The molecule has 0 radical (unpaired) electrons. The molecular formula is C15H17Cl2NO4S. The van der Waals surface area contributed by atoms with Crippen LogP contribution in [0.4, 0.5) is 0 Å². The minimum absolute atomic E-state index is 0.137. The van der Waals surface area contributed by atoms with Crippen molar-refractivity contribution in [3.63, 3.8) is 0 Å². The topological polar surface area (TPSA) is 75.6 Å². The van der Waals surface area contributed by atoms with Gasteiger partial charge in [-0.2, -0.15) is 0 Å². The molecule has 1 amide bonds. The summed E-state index contributed by atoms with van der Waals surface area (Å²) in [6.07, 6.45) is 1.50. The Morgan fingerprint density at radius 3 is 2.78 bits per heavy atom. The second-order valence-electron chi connectivity index (χ2n) is 4.56. The number of amides is 1. The van der Waals surface area contributed by atoms with Crippen LogP contribution in [0.5, 0.6) is 0 Å². The molecule has 5 nitrogen and oxygen atoms in total. The number of carbonyl (C=O) groups is 2. The molecular weight excluding hydrogens is 361 g/mol. The van der Waals surface area contributed by atoms with Crippen molar-refractivity contribution in [1.82, 2.24) is 5.32 Å². The highest BCUT2D eigenvalue weighted by Crippen LogP contribution is 2.32. The summed E-state index contributed by atoms with van der Waals surface area (Å²) in [5.74, 6) is -1.60. The summed E-state index contributed by atoms with van der Waals surface area (Å²) in [4.78, 5) is 23.9. The van der Waals surface area contributed by atoms with Crippen LogP contribution >= 0.6 is 35.0 Å². The molecule has 0 aliphatic heterocycles. The van der Waals surface area contributed by atoms with Crippen molar-refractivity contribution in [2.75, 3.05) is 13.2 Å². The van der Waals surface area contributed by atoms with Gasteiger partial charge >= 0.3 is 5.97 Å². The lowest BCUT2D eigenvalue weighted by molar-refractivity contribution is -0.143. The number of nitrogens with one attached hydrogen (secondary N) is 1. The molecule has 0 saturated heterocycles. The summed E-state index contributed by atoms with van der Waals surface area (Å²) in [5, 5.41) is 12.0. The molecule has 1 aromatic rings. The van der Waals surface area contributed by atoms with Crippen LogP contribution in [0.25, 0.3) is 0 Å². The number of thioether (sulfide) groups is 1. The standard InChI is InChI=1S/C15H17Cl2NO4S/c1-3-6-22-8-12(15(20)21)18-14(19)9(2)23-13-7-10(16)4-5-11(13)17/h3-5,7,9,12H,1,6,8H2,2H3,(H,18,19)(H,20,21). The van der Waals surface area contributed by atoms with E-state index in [0.29, 0.717) is 14.9 Å². The van der Waals surface area contributed by atoms with Crippen LogP contribution in [0, 0.1) is 0 Å². The molecule has 0 aromatic heterocycles. The average molecular weight is 378 g/mol. The molecule has 0 spiro atoms. The lowest BCUT2D eigenvalue weighted by atomic mass is 10.3. The van der Waals surface area contributed by atoms with Crippen molar-refractivity contribution in [2.45, 2.75) is 23.1 Å². The minimum Gasteiger partial charge on any atom is -0.480 e. The second kappa shape index (κ2) is 9.82. The summed E-state index contributed by atoms with van der Waals surface area (Å²) in [7, 11) is 0. The Balaban J connectivity index is 2.65. The smallest absolute Gasteiger partial charge is 0.328 e. The molecule has 0 saturated carbocycles. The van der Waals surface area contributed by atoms with Gasteiger partial charge in [-0.3, -0.25) is 4.79 Å². The fourth-order valence-electron chi connectivity index (χ4n) is 1.54. The Morgan fingerprint density at radius 2 is 2.17 bits per heavy atom. The molecule has 1 rings (SSSR count). The van der Waals surface area contributed by atoms with Gasteiger partial charge in [-0.1, -0.05) is 29.3 Å². The molecule has 2 atom stereocenters. The van der Waals surface area contributed by atoms with E-state index in [2.05, 4.69) is 11.9 Å². The number of aliphatic carboxylic acids is 1. The zero-order chi connectivity index (χ0) is 17.4. The van der Waals surface area contributed by atoms with Gasteiger partial charge in [0, 0.05) is 9.92 Å². The molecule has 23 heavy (non-hydrogen) atoms. The molecule has 0 fully saturated rings. The first-order valence-corrected chi connectivity index (χ1v) is 8.32. The number of benzene rings is 1. The first kappa shape index (κ1) is 19.8. The Bertz CT molecular complexity index is 583. The van der Waals surface area contributed by atoms with E-state index >= 15 is 0 Å². The van der Waals surface area contributed by atoms with Crippen molar-refractivity contribution in [3.05, 3.63) is 40.9 Å². The summed E-state index contributed by atoms with van der Waals surface area (Å²) < 4.78 is 5.08. The quantitative estimate of drug-likeness (QED) is 0.392. The highest BCUT2D eigenvalue weighted by Gasteiger charge is 2.24. The molecule has 0 aliphatic carbocycles. The monoisotopic (exact) mass is 377 g/mol. The number of hydrogen-bond donors (Lipinski definition) is 2. The maximum absolute atomic E-state index is 12.1. The fraction of sp³-hybridized carbons (Fsp3) is 0.333. The van der Waals surface area contributed by atoms with Gasteiger partial charge in [0.2, 0.25) is 5.91 Å². The fourth-order valence-corrected chi connectivity index (χ4v) is 2.96. The van der Waals surface area contributed by atoms with E-state index in [4.69, 9.17) is 33.0 Å². The Kier molecular flexibility index (Phi) is 8.47. The third-order valence-corrected chi connectivity index (χ3v) is 4.54. The van der Waals surface area contributed by atoms with Crippen LogP contribution in [0.2, 0.25) is 10.0 Å². The summed E-state index contributed by atoms with van der Waals surface area (Å²) in [6, 6.07) is 3.82. The maximum Gasteiger partial charge on any atom is 0.328 e. The van der Waals surface area contributed by atoms with Gasteiger partial charge in [0.15, 0.2) is 6.04 Å². The van der Waals surface area contributed by atoms with Crippen molar-refractivity contribution in [2.24, 2.45) is 0 Å². The van der Waals surface area contributed by atoms with Crippen LogP contribution in [0.1, 0.15) is 6.92 Å². The largest absolute Gasteiger partial charge is 0.480 e. The van der Waals surface area contributed by atoms with Crippen molar-refractivity contribution in [3.8, 4) is 0 Å². The molecule has 8 heteroatoms.